The van der Waals surface area contributed by atoms with Crippen molar-refractivity contribution in [3.63, 3.8) is 0 Å². The molecule has 15 heavy (non-hydrogen) atoms. The van der Waals surface area contributed by atoms with Crippen LogP contribution in [-0.2, 0) is 9.53 Å². The molecule has 1 fully saturated rings. The average Bonchev–Trinajstić information content (AvgIpc) is 2.68. The summed E-state index contributed by atoms with van der Waals surface area (Å²) in [6.07, 6.45) is 4.79. The summed E-state index contributed by atoms with van der Waals surface area (Å²) in [4.78, 5) is 11.5. The first-order chi connectivity index (χ1) is 7.22. The molecular formula is C12H17NO2. The molecule has 0 spiro atoms. The van der Waals surface area contributed by atoms with E-state index in [4.69, 9.17) is 10.00 Å². The van der Waals surface area contributed by atoms with Gasteiger partial charge in [0.25, 0.3) is 0 Å². The lowest BCUT2D eigenvalue weighted by Gasteiger charge is -2.14. The van der Waals surface area contributed by atoms with Gasteiger partial charge in [0.15, 0.2) is 0 Å². The van der Waals surface area contributed by atoms with Crippen molar-refractivity contribution >= 4 is 5.97 Å². The van der Waals surface area contributed by atoms with Gasteiger partial charge in [-0.05, 0) is 38.0 Å². The zero-order valence-electron chi connectivity index (χ0n) is 9.11. The maximum Gasteiger partial charge on any atom is 0.323 e. The molecule has 1 rings (SSSR count). The largest absolute Gasteiger partial charge is 0.465 e. The van der Waals surface area contributed by atoms with Gasteiger partial charge in [0.2, 0.25) is 0 Å². The van der Waals surface area contributed by atoms with Crippen LogP contribution < -0.4 is 0 Å². The Hall–Kier alpha value is -1.04. The Labute approximate surface area is 91.4 Å². The molecule has 0 aliphatic heterocycles. The fourth-order valence-corrected chi connectivity index (χ4v) is 2.01. The van der Waals surface area contributed by atoms with Gasteiger partial charge < -0.3 is 4.74 Å². The Bertz CT molecular complexity index is 257. The Kier molecular flexibility index (Phi) is 4.61. The van der Waals surface area contributed by atoms with Crippen molar-refractivity contribution in [3.05, 3.63) is 13.3 Å². The fraction of sp³-hybridized carbons (Fsp3) is 0.667. The van der Waals surface area contributed by atoms with Gasteiger partial charge in [-0.15, -0.1) is 0 Å². The van der Waals surface area contributed by atoms with Crippen LogP contribution >= 0.6 is 0 Å². The Balaban J connectivity index is 2.53. The monoisotopic (exact) mass is 207 g/mol. The molecule has 0 aromatic heterocycles. The summed E-state index contributed by atoms with van der Waals surface area (Å²) in [5.41, 5.74) is 0. The van der Waals surface area contributed by atoms with Crippen LogP contribution in [0.25, 0.3) is 0 Å². The number of carbonyl (C=O) groups is 1. The molecule has 3 nitrogen and oxygen atoms in total. The van der Waals surface area contributed by atoms with Crippen molar-refractivity contribution in [3.8, 4) is 6.07 Å². The number of esters is 1. The van der Waals surface area contributed by atoms with Gasteiger partial charge in [0.1, 0.15) is 5.92 Å². The fourth-order valence-electron chi connectivity index (χ4n) is 2.01. The van der Waals surface area contributed by atoms with Crippen LogP contribution in [0.3, 0.4) is 0 Å². The Morgan fingerprint density at radius 2 is 2.53 bits per heavy atom. The first kappa shape index (κ1) is 12.0. The summed E-state index contributed by atoms with van der Waals surface area (Å²) < 4.78 is 4.88. The van der Waals surface area contributed by atoms with E-state index in [-0.39, 0.29) is 11.9 Å². The summed E-state index contributed by atoms with van der Waals surface area (Å²) in [5.74, 6) is -0.423. The highest BCUT2D eigenvalue weighted by Crippen LogP contribution is 2.36. The Morgan fingerprint density at radius 1 is 1.80 bits per heavy atom. The summed E-state index contributed by atoms with van der Waals surface area (Å²) in [6, 6.07) is 2.05. The van der Waals surface area contributed by atoms with Crippen molar-refractivity contribution in [2.75, 3.05) is 6.61 Å². The van der Waals surface area contributed by atoms with Crippen molar-refractivity contribution in [1.29, 1.82) is 5.26 Å². The van der Waals surface area contributed by atoms with Crippen molar-refractivity contribution < 1.29 is 9.53 Å². The molecule has 1 aliphatic rings. The molecule has 1 aliphatic carbocycles. The highest BCUT2D eigenvalue weighted by atomic mass is 16.5. The maximum absolute atomic E-state index is 11.5. The maximum atomic E-state index is 11.5. The van der Waals surface area contributed by atoms with Crippen molar-refractivity contribution in [2.24, 2.45) is 17.8 Å². The standard InChI is InChI=1S/C12H17NO2/c1-3-9-5-6-10(7-9)11(8-13)12(14)15-4-2/h6,9-11H,1,3-5,7H2,2H3. The van der Waals surface area contributed by atoms with E-state index in [1.165, 1.54) is 0 Å². The molecule has 0 N–H and O–H groups in total. The lowest BCUT2D eigenvalue weighted by atomic mass is 9.91. The van der Waals surface area contributed by atoms with Crippen molar-refractivity contribution in [1.82, 2.24) is 0 Å². The number of carbonyl (C=O) groups excluding carboxylic acids is 1. The number of rotatable bonds is 4. The molecule has 3 heteroatoms. The molecule has 0 bridgehead atoms. The van der Waals surface area contributed by atoms with Crippen LogP contribution in [-0.4, -0.2) is 12.6 Å². The molecular weight excluding hydrogens is 190 g/mol. The highest BCUT2D eigenvalue weighted by Gasteiger charge is 2.35. The molecule has 1 saturated carbocycles. The molecule has 0 aromatic rings. The number of hydrogen-bond acceptors (Lipinski definition) is 3. The van der Waals surface area contributed by atoms with Crippen LogP contribution in [0.4, 0.5) is 0 Å². The topological polar surface area (TPSA) is 50.1 Å². The summed E-state index contributed by atoms with van der Waals surface area (Å²) in [7, 11) is 0. The van der Waals surface area contributed by atoms with Crippen LogP contribution in [0.2, 0.25) is 0 Å². The molecule has 2 radical (unpaired) electrons. The third kappa shape index (κ3) is 2.95. The minimum Gasteiger partial charge on any atom is -0.465 e. The molecule has 3 atom stereocenters. The third-order valence-corrected chi connectivity index (χ3v) is 2.89. The van der Waals surface area contributed by atoms with Gasteiger partial charge in [-0.1, -0.05) is 13.3 Å². The smallest absolute Gasteiger partial charge is 0.323 e. The van der Waals surface area contributed by atoms with E-state index < -0.39 is 5.92 Å². The second kappa shape index (κ2) is 5.75. The summed E-state index contributed by atoms with van der Waals surface area (Å²) in [6.45, 7) is 5.94. The lowest BCUT2D eigenvalue weighted by Crippen LogP contribution is -2.23. The van der Waals surface area contributed by atoms with Gasteiger partial charge in [-0.25, -0.2) is 0 Å². The second-order valence-corrected chi connectivity index (χ2v) is 3.88. The van der Waals surface area contributed by atoms with Gasteiger partial charge in [-0.3, -0.25) is 4.79 Å². The first-order valence-corrected chi connectivity index (χ1v) is 5.41. The van der Waals surface area contributed by atoms with Gasteiger partial charge in [0.05, 0.1) is 12.7 Å². The second-order valence-electron chi connectivity index (χ2n) is 3.88. The van der Waals surface area contributed by atoms with E-state index in [9.17, 15) is 4.79 Å². The van der Waals surface area contributed by atoms with E-state index in [2.05, 4.69) is 13.3 Å². The predicted octanol–water partition coefficient (Wildman–Crippen LogP) is 2.14. The minimum atomic E-state index is -0.624. The third-order valence-electron chi connectivity index (χ3n) is 2.89. The molecule has 82 valence electrons. The van der Waals surface area contributed by atoms with Crippen LogP contribution in [0, 0.1) is 42.4 Å². The summed E-state index contributed by atoms with van der Waals surface area (Å²) in [5, 5.41) is 8.96. The minimum absolute atomic E-state index is 0.0563. The molecule has 3 unspecified atom stereocenters. The van der Waals surface area contributed by atoms with Crippen LogP contribution in [0.5, 0.6) is 0 Å². The van der Waals surface area contributed by atoms with Gasteiger partial charge >= 0.3 is 5.97 Å². The SMILES string of the molecule is [CH2]CC1C[CH]C(C(C#N)C(=O)OCC)C1. The van der Waals surface area contributed by atoms with E-state index in [0.717, 1.165) is 19.3 Å². The first-order valence-electron chi connectivity index (χ1n) is 5.41. The number of nitrogens with zero attached hydrogens (tertiary/aromatic N) is 1. The van der Waals surface area contributed by atoms with E-state index >= 15 is 0 Å². The zero-order chi connectivity index (χ0) is 11.3. The number of nitriles is 1. The van der Waals surface area contributed by atoms with Crippen LogP contribution in [0.1, 0.15) is 26.2 Å². The Morgan fingerprint density at radius 3 is 3.00 bits per heavy atom. The molecule has 0 heterocycles. The van der Waals surface area contributed by atoms with Gasteiger partial charge in [-0.2, -0.15) is 5.26 Å². The van der Waals surface area contributed by atoms with E-state index in [0.29, 0.717) is 12.5 Å². The summed E-state index contributed by atoms with van der Waals surface area (Å²) >= 11 is 0. The molecule has 0 amide bonds. The van der Waals surface area contributed by atoms with Crippen LogP contribution in [0.15, 0.2) is 0 Å². The molecule has 0 saturated heterocycles. The van der Waals surface area contributed by atoms with E-state index in [1.54, 1.807) is 6.92 Å². The molecule has 0 aromatic carbocycles. The number of hydrogen-bond donors (Lipinski definition) is 0. The highest BCUT2D eigenvalue weighted by molar-refractivity contribution is 5.75. The van der Waals surface area contributed by atoms with Gasteiger partial charge in [0, 0.05) is 0 Å². The average molecular weight is 207 g/mol. The number of ether oxygens (including phenoxy) is 1. The van der Waals surface area contributed by atoms with E-state index in [1.807, 2.05) is 6.07 Å². The zero-order valence-corrected chi connectivity index (χ0v) is 9.11. The predicted molar refractivity (Wildman–Crippen MR) is 56.2 cm³/mol. The lowest BCUT2D eigenvalue weighted by molar-refractivity contribution is -0.147. The quantitative estimate of drug-likeness (QED) is 0.664. The van der Waals surface area contributed by atoms with Crippen molar-refractivity contribution in [2.45, 2.75) is 26.2 Å². The normalized spacial score (nSPS) is 27.0.